The minimum Gasteiger partial charge on any atom is -0.506 e. The Bertz CT molecular complexity index is 764. The Labute approximate surface area is 121 Å². The zero-order chi connectivity index (χ0) is 14.8. The highest BCUT2D eigenvalue weighted by Gasteiger charge is 2.31. The van der Waals surface area contributed by atoms with Crippen LogP contribution in [0.1, 0.15) is 11.1 Å². The molecule has 0 radical (unpaired) electrons. The summed E-state index contributed by atoms with van der Waals surface area (Å²) in [5, 5.41) is 14.4. The van der Waals surface area contributed by atoms with Gasteiger partial charge in [-0.3, -0.25) is 10.2 Å². The third-order valence-electron chi connectivity index (χ3n) is 3.23. The highest BCUT2D eigenvalue weighted by Crippen LogP contribution is 2.31. The normalized spacial score (nSPS) is 15.1. The Balaban J connectivity index is 2.05. The van der Waals surface area contributed by atoms with Crippen molar-refractivity contribution in [3.63, 3.8) is 0 Å². The highest BCUT2D eigenvalue weighted by atomic mass is 16.3. The van der Waals surface area contributed by atoms with Gasteiger partial charge in [0.15, 0.2) is 0 Å². The predicted octanol–water partition coefficient (Wildman–Crippen LogP) is 2.27. The smallest absolute Gasteiger partial charge is 0.254 e. The molecule has 2 aromatic rings. The van der Waals surface area contributed by atoms with Crippen LogP contribution in [0.4, 0.5) is 5.69 Å². The number of aliphatic hydroxyl groups is 1. The van der Waals surface area contributed by atoms with Gasteiger partial charge in [-0.2, -0.15) is 5.10 Å². The van der Waals surface area contributed by atoms with Crippen LogP contribution in [-0.4, -0.2) is 16.7 Å². The fourth-order valence-corrected chi connectivity index (χ4v) is 2.26. The van der Waals surface area contributed by atoms with Crippen molar-refractivity contribution in [1.82, 2.24) is 0 Å². The number of benzene rings is 2. The standard InChI is InChI=1S/C16H13N3O2/c17-16(21)13-14(19-18-10-6-2-1-3-7-10)11-8-4-5-9-12(11)15(13)20/h1-9,18,20H,(H2,17,21). The number of para-hydroxylation sites is 1. The monoisotopic (exact) mass is 279 g/mol. The molecule has 5 heteroatoms. The molecule has 3 rings (SSSR count). The van der Waals surface area contributed by atoms with E-state index in [1.54, 1.807) is 18.2 Å². The van der Waals surface area contributed by atoms with Crippen molar-refractivity contribution in [1.29, 1.82) is 0 Å². The second-order valence-corrected chi connectivity index (χ2v) is 4.57. The van der Waals surface area contributed by atoms with Crippen molar-refractivity contribution in [3.8, 4) is 0 Å². The number of aliphatic hydroxyl groups excluding tert-OH is 1. The number of nitrogens with two attached hydrogens (primary N) is 1. The van der Waals surface area contributed by atoms with Crippen LogP contribution in [0, 0.1) is 0 Å². The molecular weight excluding hydrogens is 266 g/mol. The SMILES string of the molecule is NC(=O)C1=C(O)c2ccccc2C1=NNc1ccccc1. The van der Waals surface area contributed by atoms with Crippen LogP contribution >= 0.6 is 0 Å². The first-order valence-corrected chi connectivity index (χ1v) is 6.40. The summed E-state index contributed by atoms with van der Waals surface area (Å²) in [4.78, 5) is 11.6. The summed E-state index contributed by atoms with van der Waals surface area (Å²) in [6.07, 6.45) is 0. The van der Waals surface area contributed by atoms with Crippen molar-refractivity contribution < 1.29 is 9.90 Å². The Morgan fingerprint density at radius 1 is 1.00 bits per heavy atom. The van der Waals surface area contributed by atoms with Crippen LogP contribution in [0.2, 0.25) is 0 Å². The quantitative estimate of drug-likeness (QED) is 0.753. The van der Waals surface area contributed by atoms with Gasteiger partial charge in [-0.1, -0.05) is 42.5 Å². The molecule has 0 spiro atoms. The van der Waals surface area contributed by atoms with E-state index in [1.807, 2.05) is 36.4 Å². The van der Waals surface area contributed by atoms with Gasteiger partial charge in [-0.25, -0.2) is 0 Å². The van der Waals surface area contributed by atoms with Gasteiger partial charge in [0.25, 0.3) is 5.91 Å². The second-order valence-electron chi connectivity index (χ2n) is 4.57. The Kier molecular flexibility index (Phi) is 3.16. The van der Waals surface area contributed by atoms with E-state index in [4.69, 9.17) is 5.73 Å². The lowest BCUT2D eigenvalue weighted by Crippen LogP contribution is -2.20. The van der Waals surface area contributed by atoms with Crippen molar-refractivity contribution in [2.75, 3.05) is 5.43 Å². The van der Waals surface area contributed by atoms with Crippen LogP contribution in [0.5, 0.6) is 0 Å². The van der Waals surface area contributed by atoms with E-state index in [9.17, 15) is 9.90 Å². The number of anilines is 1. The molecule has 104 valence electrons. The van der Waals surface area contributed by atoms with Gasteiger partial charge in [-0.15, -0.1) is 0 Å². The molecule has 0 saturated heterocycles. The minimum atomic E-state index is -0.711. The number of carbonyl (C=O) groups excluding carboxylic acids is 1. The van der Waals surface area contributed by atoms with E-state index in [2.05, 4.69) is 10.5 Å². The number of hydrogen-bond acceptors (Lipinski definition) is 4. The average Bonchev–Trinajstić information content (AvgIpc) is 2.79. The Morgan fingerprint density at radius 3 is 2.29 bits per heavy atom. The van der Waals surface area contributed by atoms with Crippen molar-refractivity contribution in [3.05, 3.63) is 71.3 Å². The van der Waals surface area contributed by atoms with Gasteiger partial charge in [0, 0.05) is 11.1 Å². The van der Waals surface area contributed by atoms with Gasteiger partial charge in [0.1, 0.15) is 17.0 Å². The third kappa shape index (κ3) is 2.25. The number of carbonyl (C=O) groups is 1. The number of nitrogens with zero attached hydrogens (tertiary/aromatic N) is 1. The largest absolute Gasteiger partial charge is 0.506 e. The van der Waals surface area contributed by atoms with E-state index in [1.165, 1.54) is 0 Å². The molecule has 0 unspecified atom stereocenters. The summed E-state index contributed by atoms with van der Waals surface area (Å²) in [5.74, 6) is -0.843. The Hall–Kier alpha value is -3.08. The van der Waals surface area contributed by atoms with Crippen molar-refractivity contribution in [2.24, 2.45) is 10.8 Å². The zero-order valence-corrected chi connectivity index (χ0v) is 11.1. The average molecular weight is 279 g/mol. The first kappa shape index (κ1) is 12.9. The molecule has 0 fully saturated rings. The van der Waals surface area contributed by atoms with Crippen molar-refractivity contribution >= 4 is 23.1 Å². The molecule has 4 N–H and O–H groups in total. The van der Waals surface area contributed by atoms with Gasteiger partial charge in [0.05, 0.1) is 5.69 Å². The van der Waals surface area contributed by atoms with Gasteiger partial charge >= 0.3 is 0 Å². The third-order valence-corrected chi connectivity index (χ3v) is 3.23. The number of rotatable bonds is 3. The summed E-state index contributed by atoms with van der Waals surface area (Å²) in [7, 11) is 0. The predicted molar refractivity (Wildman–Crippen MR) is 81.8 cm³/mol. The maximum Gasteiger partial charge on any atom is 0.254 e. The maximum absolute atomic E-state index is 11.6. The van der Waals surface area contributed by atoms with E-state index >= 15 is 0 Å². The number of fused-ring (bicyclic) bond motifs is 1. The fourth-order valence-electron chi connectivity index (χ4n) is 2.26. The molecule has 5 nitrogen and oxygen atoms in total. The topological polar surface area (TPSA) is 87.7 Å². The minimum absolute atomic E-state index is 0.0274. The molecule has 2 aromatic carbocycles. The number of primary amides is 1. The summed E-state index contributed by atoms with van der Waals surface area (Å²) in [5.41, 5.74) is 10.6. The lowest BCUT2D eigenvalue weighted by atomic mass is 10.1. The summed E-state index contributed by atoms with van der Waals surface area (Å²) < 4.78 is 0. The second kappa shape index (κ2) is 5.13. The lowest BCUT2D eigenvalue weighted by molar-refractivity contribution is -0.114. The lowest BCUT2D eigenvalue weighted by Gasteiger charge is -2.04. The molecule has 0 atom stereocenters. The molecule has 1 aliphatic rings. The number of hydrazone groups is 1. The van der Waals surface area contributed by atoms with Crippen LogP contribution in [-0.2, 0) is 4.79 Å². The number of nitrogens with one attached hydrogen (secondary N) is 1. The molecule has 1 amide bonds. The summed E-state index contributed by atoms with van der Waals surface area (Å²) in [6, 6.07) is 16.4. The molecular formula is C16H13N3O2. The van der Waals surface area contributed by atoms with Crippen LogP contribution in [0.25, 0.3) is 5.76 Å². The molecule has 1 aliphatic carbocycles. The molecule has 21 heavy (non-hydrogen) atoms. The van der Waals surface area contributed by atoms with Gasteiger partial charge in [-0.05, 0) is 12.1 Å². The van der Waals surface area contributed by atoms with Gasteiger partial charge in [0.2, 0.25) is 0 Å². The Morgan fingerprint density at radius 2 is 1.62 bits per heavy atom. The highest BCUT2D eigenvalue weighted by molar-refractivity contribution is 6.35. The maximum atomic E-state index is 11.6. The molecule has 0 bridgehead atoms. The van der Waals surface area contributed by atoms with Crippen LogP contribution in [0.3, 0.4) is 0 Å². The van der Waals surface area contributed by atoms with E-state index in [0.717, 1.165) is 5.69 Å². The van der Waals surface area contributed by atoms with Crippen LogP contribution < -0.4 is 11.2 Å². The number of amides is 1. The first-order chi connectivity index (χ1) is 10.2. The van der Waals surface area contributed by atoms with E-state index in [0.29, 0.717) is 16.8 Å². The molecule has 0 heterocycles. The molecule has 0 aromatic heterocycles. The van der Waals surface area contributed by atoms with E-state index < -0.39 is 5.91 Å². The molecule has 0 saturated carbocycles. The fraction of sp³-hybridized carbons (Fsp3) is 0. The van der Waals surface area contributed by atoms with Crippen LogP contribution in [0.15, 0.2) is 65.3 Å². The zero-order valence-electron chi connectivity index (χ0n) is 11.1. The van der Waals surface area contributed by atoms with Crippen molar-refractivity contribution in [2.45, 2.75) is 0 Å². The first-order valence-electron chi connectivity index (χ1n) is 6.40. The summed E-state index contributed by atoms with van der Waals surface area (Å²) in [6.45, 7) is 0. The number of hydrogen-bond donors (Lipinski definition) is 3. The summed E-state index contributed by atoms with van der Waals surface area (Å²) >= 11 is 0. The molecule has 0 aliphatic heterocycles. The van der Waals surface area contributed by atoms with Gasteiger partial charge < -0.3 is 10.8 Å². The van der Waals surface area contributed by atoms with E-state index in [-0.39, 0.29) is 11.3 Å².